The molecule has 0 unspecified atom stereocenters. The van der Waals surface area contributed by atoms with Crippen LogP contribution in [0.3, 0.4) is 0 Å². The van der Waals surface area contributed by atoms with E-state index in [1.54, 1.807) is 23.7 Å². The molecule has 4 heterocycles. The number of hydrogen-bond donors (Lipinski definition) is 0. The lowest BCUT2D eigenvalue weighted by atomic mass is 9.99. The van der Waals surface area contributed by atoms with Crippen molar-refractivity contribution in [3.8, 4) is 0 Å². The second-order valence-corrected chi connectivity index (χ2v) is 9.17. The molecule has 2 aliphatic rings. The van der Waals surface area contributed by atoms with E-state index < -0.39 is 0 Å². The molecule has 28 heavy (non-hydrogen) atoms. The van der Waals surface area contributed by atoms with Gasteiger partial charge in [-0.2, -0.15) is 0 Å². The molecule has 1 amide bonds. The maximum Gasteiger partial charge on any atom is 0.267 e. The molecule has 146 valence electrons. The molecule has 0 N–H and O–H groups in total. The number of rotatable bonds is 2. The maximum absolute atomic E-state index is 13.4. The molecule has 2 aromatic heterocycles. The number of thiocarbonyl (C=S) groups is 1. The molecule has 2 fully saturated rings. The Morgan fingerprint density at radius 2 is 1.96 bits per heavy atom. The molecule has 0 spiro atoms. The van der Waals surface area contributed by atoms with E-state index in [1.165, 1.54) is 16.7 Å². The van der Waals surface area contributed by atoms with E-state index in [-0.39, 0.29) is 11.5 Å². The van der Waals surface area contributed by atoms with E-state index in [9.17, 15) is 9.59 Å². The molecule has 0 radical (unpaired) electrons. The minimum absolute atomic E-state index is 0.163. The number of nitrogens with zero attached hydrogens (tertiary/aromatic N) is 4. The number of likely N-dealkylation sites (N-methyl/N-ethyl adjacent to an activating group) is 1. The average Bonchev–Trinajstić information content (AvgIpc) is 2.92. The zero-order valence-corrected chi connectivity index (χ0v) is 17.8. The van der Waals surface area contributed by atoms with Crippen LogP contribution in [0.25, 0.3) is 11.7 Å². The van der Waals surface area contributed by atoms with Crippen molar-refractivity contribution in [1.82, 2.24) is 14.3 Å². The van der Waals surface area contributed by atoms with Gasteiger partial charge in [-0.25, -0.2) is 4.98 Å². The summed E-state index contributed by atoms with van der Waals surface area (Å²) in [6.45, 7) is 5.89. The highest BCUT2D eigenvalue weighted by Crippen LogP contribution is 2.33. The number of anilines is 1. The highest BCUT2D eigenvalue weighted by molar-refractivity contribution is 8.26. The van der Waals surface area contributed by atoms with Crippen molar-refractivity contribution in [2.75, 3.05) is 25.0 Å². The van der Waals surface area contributed by atoms with Crippen LogP contribution in [0.2, 0.25) is 0 Å². The number of piperidine rings is 1. The second kappa shape index (κ2) is 7.33. The van der Waals surface area contributed by atoms with Crippen molar-refractivity contribution in [2.24, 2.45) is 5.92 Å². The summed E-state index contributed by atoms with van der Waals surface area (Å²) in [4.78, 5) is 34.7. The van der Waals surface area contributed by atoms with Gasteiger partial charge >= 0.3 is 0 Å². The normalized spacial score (nSPS) is 20.0. The van der Waals surface area contributed by atoms with E-state index in [1.807, 2.05) is 19.1 Å². The van der Waals surface area contributed by atoms with Gasteiger partial charge in [-0.15, -0.1) is 0 Å². The Hall–Kier alpha value is -2.19. The number of fused-ring (bicyclic) bond motifs is 1. The van der Waals surface area contributed by atoms with Crippen LogP contribution in [0.1, 0.15) is 30.9 Å². The summed E-state index contributed by atoms with van der Waals surface area (Å²) in [6, 6.07) is 3.81. The van der Waals surface area contributed by atoms with E-state index in [4.69, 9.17) is 17.2 Å². The van der Waals surface area contributed by atoms with Gasteiger partial charge in [-0.3, -0.25) is 18.9 Å². The van der Waals surface area contributed by atoms with Crippen molar-refractivity contribution < 1.29 is 4.79 Å². The number of thioether (sulfide) groups is 1. The van der Waals surface area contributed by atoms with Gasteiger partial charge in [0.25, 0.3) is 11.5 Å². The summed E-state index contributed by atoms with van der Waals surface area (Å²) >= 11 is 6.45. The second-order valence-electron chi connectivity index (χ2n) is 7.50. The van der Waals surface area contributed by atoms with E-state index in [0.29, 0.717) is 32.2 Å². The molecule has 0 aromatic carbocycles. The Morgan fingerprint density at radius 1 is 1.25 bits per heavy atom. The summed E-state index contributed by atoms with van der Waals surface area (Å²) in [5.74, 6) is 1.14. The van der Waals surface area contributed by atoms with Crippen LogP contribution in [-0.2, 0) is 4.79 Å². The van der Waals surface area contributed by atoms with Gasteiger partial charge in [-0.05, 0) is 43.4 Å². The molecular formula is C20H22N4O2S2. The number of carbonyl (C=O) groups is 1. The van der Waals surface area contributed by atoms with Crippen LogP contribution < -0.4 is 10.5 Å². The van der Waals surface area contributed by atoms with Crippen molar-refractivity contribution in [2.45, 2.75) is 26.7 Å². The van der Waals surface area contributed by atoms with Gasteiger partial charge in [0.05, 0.1) is 10.5 Å². The first-order valence-corrected chi connectivity index (χ1v) is 10.6. The molecule has 2 aliphatic heterocycles. The molecule has 4 rings (SSSR count). The number of amides is 1. The lowest BCUT2D eigenvalue weighted by Gasteiger charge is -2.32. The van der Waals surface area contributed by atoms with Crippen LogP contribution in [0.5, 0.6) is 0 Å². The molecule has 8 heteroatoms. The first-order chi connectivity index (χ1) is 13.3. The Kier molecular flexibility index (Phi) is 5.01. The zero-order valence-electron chi connectivity index (χ0n) is 16.1. The maximum atomic E-state index is 13.4. The largest absolute Gasteiger partial charge is 0.356 e. The van der Waals surface area contributed by atoms with Crippen LogP contribution in [-0.4, -0.2) is 44.6 Å². The van der Waals surface area contributed by atoms with Gasteiger partial charge in [0.2, 0.25) is 0 Å². The van der Waals surface area contributed by atoms with Crippen LogP contribution in [0.15, 0.2) is 28.0 Å². The zero-order chi connectivity index (χ0) is 20.0. The lowest BCUT2D eigenvalue weighted by Crippen LogP contribution is -2.36. The minimum atomic E-state index is -0.179. The molecule has 0 saturated carbocycles. The Morgan fingerprint density at radius 3 is 2.61 bits per heavy atom. The van der Waals surface area contributed by atoms with E-state index >= 15 is 0 Å². The molecular weight excluding hydrogens is 392 g/mol. The standard InChI is InChI=1S/C20H22N4O2S2/c1-12-6-8-23(9-7-12)17-14(10-15-19(26)22(3)20(27)28-15)18(25)24-11-13(2)4-5-16(24)21-17/h4-5,10-12H,6-9H2,1-3H3/b15-10-. The van der Waals surface area contributed by atoms with Crippen LogP contribution in [0.4, 0.5) is 5.82 Å². The predicted molar refractivity (Wildman–Crippen MR) is 118 cm³/mol. The predicted octanol–water partition coefficient (Wildman–Crippen LogP) is 3.07. The lowest BCUT2D eigenvalue weighted by molar-refractivity contribution is -0.121. The fourth-order valence-electron chi connectivity index (χ4n) is 3.51. The first-order valence-electron chi connectivity index (χ1n) is 9.34. The topological polar surface area (TPSA) is 57.9 Å². The van der Waals surface area contributed by atoms with Crippen LogP contribution >= 0.6 is 24.0 Å². The number of hydrogen-bond acceptors (Lipinski definition) is 6. The van der Waals surface area contributed by atoms with Crippen molar-refractivity contribution in [3.63, 3.8) is 0 Å². The summed E-state index contributed by atoms with van der Waals surface area (Å²) in [6.07, 6.45) is 5.58. The molecule has 6 nitrogen and oxygen atoms in total. The fourth-order valence-corrected chi connectivity index (χ4v) is 4.67. The van der Waals surface area contributed by atoms with Gasteiger partial charge < -0.3 is 4.90 Å². The minimum Gasteiger partial charge on any atom is -0.356 e. The summed E-state index contributed by atoms with van der Waals surface area (Å²) in [7, 11) is 1.65. The molecule has 2 saturated heterocycles. The Bertz CT molecular complexity index is 1070. The van der Waals surface area contributed by atoms with Crippen LogP contribution in [0, 0.1) is 12.8 Å². The monoisotopic (exact) mass is 414 g/mol. The fraction of sp³-hybridized carbons (Fsp3) is 0.400. The average molecular weight is 415 g/mol. The van der Waals surface area contributed by atoms with Crippen molar-refractivity contribution in [1.29, 1.82) is 0 Å². The molecule has 2 aromatic rings. The number of carbonyl (C=O) groups excluding carboxylic acids is 1. The third-order valence-electron chi connectivity index (χ3n) is 5.33. The quantitative estimate of drug-likeness (QED) is 0.556. The van der Waals surface area contributed by atoms with Gasteiger partial charge in [0, 0.05) is 26.3 Å². The number of aryl methyl sites for hydroxylation is 1. The molecule has 0 bridgehead atoms. The van der Waals surface area contributed by atoms with E-state index in [2.05, 4.69) is 11.8 Å². The number of pyridine rings is 1. The van der Waals surface area contributed by atoms with Crippen molar-refractivity contribution in [3.05, 3.63) is 44.7 Å². The summed E-state index contributed by atoms with van der Waals surface area (Å²) in [5, 5.41) is 0. The highest BCUT2D eigenvalue weighted by Gasteiger charge is 2.30. The third kappa shape index (κ3) is 3.35. The highest BCUT2D eigenvalue weighted by atomic mass is 32.2. The smallest absolute Gasteiger partial charge is 0.267 e. The summed E-state index contributed by atoms with van der Waals surface area (Å²) in [5.41, 5.74) is 1.88. The van der Waals surface area contributed by atoms with E-state index in [0.717, 1.165) is 31.5 Å². The first kappa shape index (κ1) is 19.1. The summed E-state index contributed by atoms with van der Waals surface area (Å²) < 4.78 is 2.05. The van der Waals surface area contributed by atoms with Gasteiger partial charge in [-0.1, -0.05) is 37.0 Å². The molecule has 0 aliphatic carbocycles. The van der Waals surface area contributed by atoms with Gasteiger partial charge in [0.15, 0.2) is 0 Å². The Labute approximate surface area is 173 Å². The Balaban J connectivity index is 1.90. The van der Waals surface area contributed by atoms with Gasteiger partial charge in [0.1, 0.15) is 15.8 Å². The van der Waals surface area contributed by atoms with Crippen molar-refractivity contribution >= 4 is 51.7 Å². The molecule has 0 atom stereocenters. The third-order valence-corrected chi connectivity index (χ3v) is 6.82. The number of aromatic nitrogens is 2. The SMILES string of the molecule is Cc1ccc2nc(N3CCC(C)CC3)c(/C=C3\SC(=S)N(C)C3=O)c(=O)n2c1.